The van der Waals surface area contributed by atoms with Gasteiger partial charge in [0.2, 0.25) is 0 Å². The molecule has 0 spiro atoms. The minimum absolute atomic E-state index is 0.116. The van der Waals surface area contributed by atoms with Crippen LogP contribution in [0.5, 0.6) is 0 Å². The molecule has 17 heavy (non-hydrogen) atoms. The van der Waals surface area contributed by atoms with Crippen LogP contribution in [0.3, 0.4) is 0 Å². The summed E-state index contributed by atoms with van der Waals surface area (Å²) in [6.45, 7) is 0.136. The summed E-state index contributed by atoms with van der Waals surface area (Å²) in [7, 11) is 0. The number of nitrogens with two attached hydrogens (primary N) is 2. The third-order valence-corrected chi connectivity index (χ3v) is 2.05. The van der Waals surface area contributed by atoms with E-state index in [9.17, 15) is 9.59 Å². The molecule has 0 radical (unpaired) electrons. The molecule has 0 saturated heterocycles. The van der Waals surface area contributed by atoms with Crippen molar-refractivity contribution in [1.29, 1.82) is 0 Å². The molecule has 5 N–H and O–H groups in total. The molecule has 0 saturated carbocycles. The predicted octanol–water partition coefficient (Wildman–Crippen LogP) is 0.175. The SMILES string of the molecule is NC(N)CCOC(=O)c1ccc(C(=O)O)cc1. The van der Waals surface area contributed by atoms with E-state index in [-0.39, 0.29) is 12.2 Å². The van der Waals surface area contributed by atoms with Crippen LogP contribution in [0.25, 0.3) is 0 Å². The van der Waals surface area contributed by atoms with Crippen molar-refractivity contribution in [2.24, 2.45) is 11.5 Å². The lowest BCUT2D eigenvalue weighted by Gasteiger charge is -2.06. The molecule has 0 aromatic heterocycles. The van der Waals surface area contributed by atoms with E-state index >= 15 is 0 Å². The van der Waals surface area contributed by atoms with E-state index in [1.54, 1.807) is 0 Å². The van der Waals surface area contributed by atoms with Gasteiger partial charge in [0.05, 0.1) is 23.9 Å². The van der Waals surface area contributed by atoms with Gasteiger partial charge in [-0.3, -0.25) is 0 Å². The van der Waals surface area contributed by atoms with Gasteiger partial charge in [-0.15, -0.1) is 0 Å². The summed E-state index contributed by atoms with van der Waals surface area (Å²) in [5, 5.41) is 8.67. The van der Waals surface area contributed by atoms with Crippen LogP contribution in [-0.4, -0.2) is 29.8 Å². The molecule has 0 bridgehead atoms. The van der Waals surface area contributed by atoms with Crippen molar-refractivity contribution in [3.63, 3.8) is 0 Å². The van der Waals surface area contributed by atoms with Crippen LogP contribution >= 0.6 is 0 Å². The zero-order valence-corrected chi connectivity index (χ0v) is 9.13. The lowest BCUT2D eigenvalue weighted by atomic mass is 10.1. The minimum atomic E-state index is -1.04. The summed E-state index contributed by atoms with van der Waals surface area (Å²) in [6, 6.07) is 5.48. The van der Waals surface area contributed by atoms with Gasteiger partial charge < -0.3 is 21.3 Å². The van der Waals surface area contributed by atoms with Crippen LogP contribution in [0.1, 0.15) is 27.1 Å². The van der Waals surface area contributed by atoms with Crippen molar-refractivity contribution in [2.45, 2.75) is 12.6 Å². The Bertz CT molecular complexity index is 400. The molecule has 1 rings (SSSR count). The van der Waals surface area contributed by atoms with Crippen LogP contribution < -0.4 is 11.5 Å². The molecule has 6 heteroatoms. The lowest BCUT2D eigenvalue weighted by Crippen LogP contribution is -2.31. The van der Waals surface area contributed by atoms with Crippen molar-refractivity contribution in [1.82, 2.24) is 0 Å². The smallest absolute Gasteiger partial charge is 0.338 e. The van der Waals surface area contributed by atoms with E-state index in [0.29, 0.717) is 12.0 Å². The Kier molecular flexibility index (Phi) is 4.62. The molecule has 0 atom stereocenters. The van der Waals surface area contributed by atoms with Crippen molar-refractivity contribution in [3.8, 4) is 0 Å². The zero-order chi connectivity index (χ0) is 12.8. The zero-order valence-electron chi connectivity index (χ0n) is 9.13. The topological polar surface area (TPSA) is 116 Å². The Morgan fingerprint density at radius 3 is 2.18 bits per heavy atom. The molecule has 0 aliphatic rings. The Morgan fingerprint density at radius 1 is 1.18 bits per heavy atom. The summed E-state index contributed by atoms with van der Waals surface area (Å²) in [4.78, 5) is 22.0. The van der Waals surface area contributed by atoms with E-state index in [0.717, 1.165) is 0 Å². The number of carbonyl (C=O) groups excluding carboxylic acids is 1. The summed E-state index contributed by atoms with van der Waals surface area (Å²) >= 11 is 0. The average Bonchev–Trinajstić information content (AvgIpc) is 2.28. The predicted molar refractivity (Wildman–Crippen MR) is 60.5 cm³/mol. The molecule has 0 aliphatic carbocycles. The van der Waals surface area contributed by atoms with Gasteiger partial charge in [-0.1, -0.05) is 0 Å². The molecule has 0 unspecified atom stereocenters. The van der Waals surface area contributed by atoms with Gasteiger partial charge in [0.1, 0.15) is 0 Å². The maximum Gasteiger partial charge on any atom is 0.338 e. The highest BCUT2D eigenvalue weighted by Gasteiger charge is 2.09. The molecule has 1 aromatic rings. The van der Waals surface area contributed by atoms with Gasteiger partial charge in [-0.25, -0.2) is 9.59 Å². The second kappa shape index (κ2) is 5.97. The minimum Gasteiger partial charge on any atom is -0.478 e. The normalized spacial score (nSPS) is 10.3. The number of aromatic carboxylic acids is 1. The quantitative estimate of drug-likeness (QED) is 0.497. The van der Waals surface area contributed by atoms with Crippen LogP contribution in [0.2, 0.25) is 0 Å². The average molecular weight is 238 g/mol. The molecule has 0 amide bonds. The molecule has 0 fully saturated rings. The second-order valence-electron chi connectivity index (χ2n) is 3.47. The first-order valence-electron chi connectivity index (χ1n) is 5.02. The summed E-state index contributed by atoms with van der Waals surface area (Å²) in [6.07, 6.45) is -0.143. The highest BCUT2D eigenvalue weighted by Crippen LogP contribution is 2.06. The van der Waals surface area contributed by atoms with E-state index in [1.165, 1.54) is 24.3 Å². The Labute approximate surface area is 98.2 Å². The molecule has 0 aliphatic heterocycles. The maximum atomic E-state index is 11.5. The number of hydrogen-bond acceptors (Lipinski definition) is 5. The van der Waals surface area contributed by atoms with Gasteiger partial charge in [-0.2, -0.15) is 0 Å². The number of ether oxygens (including phenoxy) is 1. The van der Waals surface area contributed by atoms with Gasteiger partial charge in [-0.05, 0) is 24.3 Å². The standard InChI is InChI=1S/C11H14N2O4/c12-9(13)5-6-17-11(16)8-3-1-7(2-4-8)10(14)15/h1-4,9H,5-6,12-13H2,(H,14,15). The first kappa shape index (κ1) is 13.1. The first-order valence-corrected chi connectivity index (χ1v) is 5.02. The van der Waals surface area contributed by atoms with E-state index in [4.69, 9.17) is 21.3 Å². The van der Waals surface area contributed by atoms with E-state index in [1.807, 2.05) is 0 Å². The van der Waals surface area contributed by atoms with Gasteiger partial charge in [0.15, 0.2) is 0 Å². The van der Waals surface area contributed by atoms with Crippen LogP contribution in [-0.2, 0) is 4.74 Å². The molecule has 1 aromatic carbocycles. The number of carboxylic acid groups (broad SMARTS) is 1. The number of carbonyl (C=O) groups is 2. The van der Waals surface area contributed by atoms with E-state index in [2.05, 4.69) is 0 Å². The van der Waals surface area contributed by atoms with Crippen molar-refractivity contribution >= 4 is 11.9 Å². The number of esters is 1. The molecule has 6 nitrogen and oxygen atoms in total. The molecular formula is C11H14N2O4. The van der Waals surface area contributed by atoms with Gasteiger partial charge >= 0.3 is 11.9 Å². The fourth-order valence-electron chi connectivity index (χ4n) is 1.12. The molecule has 0 heterocycles. The fraction of sp³-hybridized carbons (Fsp3) is 0.273. The number of rotatable bonds is 5. The van der Waals surface area contributed by atoms with Gasteiger partial charge in [0, 0.05) is 6.42 Å². The highest BCUT2D eigenvalue weighted by molar-refractivity contribution is 5.92. The molecule has 92 valence electrons. The fourth-order valence-corrected chi connectivity index (χ4v) is 1.12. The van der Waals surface area contributed by atoms with Crippen LogP contribution in [0, 0.1) is 0 Å². The highest BCUT2D eigenvalue weighted by atomic mass is 16.5. The van der Waals surface area contributed by atoms with Crippen LogP contribution in [0.15, 0.2) is 24.3 Å². The largest absolute Gasteiger partial charge is 0.478 e. The number of carboxylic acids is 1. The molecular weight excluding hydrogens is 224 g/mol. The summed E-state index contributed by atoms with van der Waals surface area (Å²) < 4.78 is 4.89. The van der Waals surface area contributed by atoms with Crippen molar-refractivity contribution in [2.75, 3.05) is 6.61 Å². The Hall–Kier alpha value is -1.92. The number of benzene rings is 1. The van der Waals surface area contributed by atoms with Gasteiger partial charge in [0.25, 0.3) is 0 Å². The Balaban J connectivity index is 2.55. The maximum absolute atomic E-state index is 11.5. The monoisotopic (exact) mass is 238 g/mol. The first-order chi connectivity index (χ1) is 8.00. The third kappa shape index (κ3) is 4.21. The summed E-state index contributed by atoms with van der Waals surface area (Å²) in [5.41, 5.74) is 11.0. The van der Waals surface area contributed by atoms with Crippen LogP contribution in [0.4, 0.5) is 0 Å². The number of hydrogen-bond donors (Lipinski definition) is 3. The lowest BCUT2D eigenvalue weighted by molar-refractivity contribution is 0.0493. The second-order valence-corrected chi connectivity index (χ2v) is 3.47. The summed E-state index contributed by atoms with van der Waals surface area (Å²) in [5.74, 6) is -1.57. The van der Waals surface area contributed by atoms with Crippen molar-refractivity contribution < 1.29 is 19.4 Å². The van der Waals surface area contributed by atoms with Crippen molar-refractivity contribution in [3.05, 3.63) is 35.4 Å². The third-order valence-electron chi connectivity index (χ3n) is 2.05. The van der Waals surface area contributed by atoms with E-state index < -0.39 is 18.1 Å². The Morgan fingerprint density at radius 2 is 1.71 bits per heavy atom.